The van der Waals surface area contributed by atoms with Crippen molar-refractivity contribution in [2.45, 2.75) is 0 Å². The molecule has 0 atom stereocenters. The number of hydrogen-bond acceptors (Lipinski definition) is 5. The molecule has 0 bridgehead atoms. The molecule has 0 aliphatic rings. The molecule has 0 radical (unpaired) electrons. The molecule has 27 heavy (non-hydrogen) atoms. The van der Waals surface area contributed by atoms with Gasteiger partial charge in [-0.3, -0.25) is 4.98 Å². The second-order valence-electron chi connectivity index (χ2n) is 6.09. The number of benzene rings is 2. The molecule has 0 aliphatic heterocycles. The van der Waals surface area contributed by atoms with E-state index in [-0.39, 0.29) is 0 Å². The summed E-state index contributed by atoms with van der Waals surface area (Å²) in [5, 5.41) is 9.44. The second kappa shape index (κ2) is 6.46. The van der Waals surface area contributed by atoms with E-state index < -0.39 is 0 Å². The van der Waals surface area contributed by atoms with Crippen LogP contribution in [-0.2, 0) is 0 Å². The molecule has 3 heterocycles. The highest BCUT2D eigenvalue weighted by molar-refractivity contribution is 5.94. The maximum atomic E-state index is 5.96. The van der Waals surface area contributed by atoms with Crippen LogP contribution >= 0.6 is 0 Å². The Balaban J connectivity index is 1.70. The molecule has 2 aromatic carbocycles. The van der Waals surface area contributed by atoms with Crippen LogP contribution in [0.3, 0.4) is 0 Å². The first-order valence-electron chi connectivity index (χ1n) is 8.58. The minimum Gasteiger partial charge on any atom is -0.416 e. The minimum atomic E-state index is 0.445. The van der Waals surface area contributed by atoms with E-state index in [1.165, 1.54) is 0 Å². The lowest BCUT2D eigenvalue weighted by Crippen LogP contribution is -1.89. The van der Waals surface area contributed by atoms with Crippen LogP contribution in [0.25, 0.3) is 45.1 Å². The van der Waals surface area contributed by atoms with Crippen LogP contribution in [0.5, 0.6) is 0 Å². The summed E-state index contributed by atoms with van der Waals surface area (Å²) in [5.74, 6) is 0.907. The highest BCUT2D eigenvalue weighted by Crippen LogP contribution is 2.32. The van der Waals surface area contributed by atoms with E-state index in [0.717, 1.165) is 33.3 Å². The third-order valence-electron chi connectivity index (χ3n) is 4.35. The zero-order valence-electron chi connectivity index (χ0n) is 14.3. The van der Waals surface area contributed by atoms with Gasteiger partial charge in [0.15, 0.2) is 0 Å². The summed E-state index contributed by atoms with van der Waals surface area (Å²) >= 11 is 0. The summed E-state index contributed by atoms with van der Waals surface area (Å²) < 4.78 is 5.96. The summed E-state index contributed by atoms with van der Waals surface area (Å²) in [6.07, 6.45) is 3.42. The Bertz CT molecular complexity index is 1220. The first-order valence-corrected chi connectivity index (χ1v) is 8.58. The summed E-state index contributed by atoms with van der Waals surface area (Å²) in [6.45, 7) is 0. The van der Waals surface area contributed by atoms with Gasteiger partial charge < -0.3 is 4.42 Å². The quantitative estimate of drug-likeness (QED) is 0.457. The first kappa shape index (κ1) is 15.4. The maximum Gasteiger partial charge on any atom is 0.249 e. The summed E-state index contributed by atoms with van der Waals surface area (Å²) in [5.41, 5.74) is 4.44. The molecule has 5 nitrogen and oxygen atoms in total. The molecule has 0 unspecified atom stereocenters. The van der Waals surface area contributed by atoms with Crippen molar-refractivity contribution in [2.75, 3.05) is 0 Å². The Labute approximate surface area is 155 Å². The van der Waals surface area contributed by atoms with Gasteiger partial charge in [0, 0.05) is 23.3 Å². The largest absolute Gasteiger partial charge is 0.416 e. The van der Waals surface area contributed by atoms with Crippen LogP contribution in [0.4, 0.5) is 0 Å². The van der Waals surface area contributed by atoms with Gasteiger partial charge in [-0.15, -0.1) is 10.2 Å². The number of hydrogen-bond donors (Lipinski definition) is 0. The average molecular weight is 350 g/mol. The van der Waals surface area contributed by atoms with Crippen molar-refractivity contribution < 1.29 is 4.42 Å². The molecule has 0 saturated heterocycles. The maximum absolute atomic E-state index is 5.96. The van der Waals surface area contributed by atoms with Gasteiger partial charge >= 0.3 is 0 Å². The molecule has 5 heteroatoms. The molecular formula is C22H14N4O. The predicted molar refractivity (Wildman–Crippen MR) is 104 cm³/mol. The molecule has 0 fully saturated rings. The van der Waals surface area contributed by atoms with E-state index in [9.17, 15) is 0 Å². The average Bonchev–Trinajstić information content (AvgIpc) is 3.24. The smallest absolute Gasteiger partial charge is 0.249 e. The summed E-state index contributed by atoms with van der Waals surface area (Å²) in [4.78, 5) is 8.91. The number of aromatic nitrogens is 4. The number of para-hydroxylation sites is 1. The normalized spacial score (nSPS) is 11.0. The standard InChI is InChI=1S/C22H14N4O/c1-2-7-15(8-3-1)20-13-18(17-10-4-5-11-19(17)24-20)22-26-25-21(27-22)16-9-6-12-23-14-16/h1-14H. The van der Waals surface area contributed by atoms with Crippen LogP contribution < -0.4 is 0 Å². The van der Waals surface area contributed by atoms with Crippen molar-refractivity contribution in [3.63, 3.8) is 0 Å². The minimum absolute atomic E-state index is 0.445. The Hall–Kier alpha value is -3.86. The fourth-order valence-electron chi connectivity index (χ4n) is 3.05. The van der Waals surface area contributed by atoms with E-state index in [1.54, 1.807) is 12.4 Å². The Morgan fingerprint density at radius 2 is 1.48 bits per heavy atom. The predicted octanol–water partition coefficient (Wildman–Crippen LogP) is 5.01. The van der Waals surface area contributed by atoms with Crippen molar-refractivity contribution in [1.82, 2.24) is 20.2 Å². The fraction of sp³-hybridized carbons (Fsp3) is 0. The van der Waals surface area contributed by atoms with Crippen molar-refractivity contribution in [2.24, 2.45) is 0 Å². The van der Waals surface area contributed by atoms with Crippen molar-refractivity contribution >= 4 is 10.9 Å². The third-order valence-corrected chi connectivity index (χ3v) is 4.35. The Morgan fingerprint density at radius 1 is 0.704 bits per heavy atom. The van der Waals surface area contributed by atoms with Crippen LogP contribution in [0.2, 0.25) is 0 Å². The lowest BCUT2D eigenvalue weighted by atomic mass is 10.0. The topological polar surface area (TPSA) is 64.7 Å². The molecular weight excluding hydrogens is 336 g/mol. The molecule has 0 N–H and O–H groups in total. The SMILES string of the molecule is c1ccc(-c2cc(-c3nnc(-c4cccnc4)o3)c3ccccc3n2)cc1. The number of pyridine rings is 2. The van der Waals surface area contributed by atoms with Crippen LogP contribution in [0.1, 0.15) is 0 Å². The third kappa shape index (κ3) is 2.85. The number of nitrogens with zero attached hydrogens (tertiary/aromatic N) is 4. The van der Waals surface area contributed by atoms with E-state index >= 15 is 0 Å². The van der Waals surface area contributed by atoms with Crippen LogP contribution in [0.15, 0.2) is 89.6 Å². The highest BCUT2D eigenvalue weighted by atomic mass is 16.4. The summed E-state index contributed by atoms with van der Waals surface area (Å²) in [7, 11) is 0. The second-order valence-corrected chi connectivity index (χ2v) is 6.09. The summed E-state index contributed by atoms with van der Waals surface area (Å²) in [6, 6.07) is 23.8. The van der Waals surface area contributed by atoms with Gasteiger partial charge in [-0.1, -0.05) is 48.5 Å². The molecule has 3 aromatic heterocycles. The van der Waals surface area contributed by atoms with Gasteiger partial charge in [0.25, 0.3) is 0 Å². The van der Waals surface area contributed by atoms with Crippen molar-refractivity contribution in [3.05, 3.63) is 85.2 Å². The van der Waals surface area contributed by atoms with E-state index in [4.69, 9.17) is 9.40 Å². The highest BCUT2D eigenvalue weighted by Gasteiger charge is 2.15. The van der Waals surface area contributed by atoms with Gasteiger partial charge in [0.1, 0.15) is 0 Å². The van der Waals surface area contributed by atoms with Crippen molar-refractivity contribution in [3.8, 4) is 34.2 Å². The Morgan fingerprint density at radius 3 is 2.33 bits per heavy atom. The van der Waals surface area contributed by atoms with E-state index in [2.05, 4.69) is 15.2 Å². The molecule has 0 saturated carbocycles. The molecule has 0 aliphatic carbocycles. The van der Waals surface area contributed by atoms with Gasteiger partial charge in [0.2, 0.25) is 11.8 Å². The molecule has 0 spiro atoms. The van der Waals surface area contributed by atoms with E-state index in [0.29, 0.717) is 11.8 Å². The van der Waals surface area contributed by atoms with Gasteiger partial charge in [0.05, 0.1) is 22.3 Å². The molecule has 128 valence electrons. The molecule has 5 rings (SSSR count). The van der Waals surface area contributed by atoms with Gasteiger partial charge in [-0.2, -0.15) is 0 Å². The fourth-order valence-corrected chi connectivity index (χ4v) is 3.05. The zero-order chi connectivity index (χ0) is 18.1. The lowest BCUT2D eigenvalue weighted by molar-refractivity contribution is 0.585. The zero-order valence-corrected chi connectivity index (χ0v) is 14.3. The molecule has 5 aromatic rings. The van der Waals surface area contributed by atoms with Crippen LogP contribution in [-0.4, -0.2) is 20.2 Å². The monoisotopic (exact) mass is 350 g/mol. The number of rotatable bonds is 3. The van der Waals surface area contributed by atoms with E-state index in [1.807, 2.05) is 72.8 Å². The van der Waals surface area contributed by atoms with Crippen LogP contribution in [0, 0.1) is 0 Å². The lowest BCUT2D eigenvalue weighted by Gasteiger charge is -2.07. The molecule has 0 amide bonds. The van der Waals surface area contributed by atoms with Crippen molar-refractivity contribution in [1.29, 1.82) is 0 Å². The first-order chi connectivity index (χ1) is 13.4. The Kier molecular flexibility index (Phi) is 3.68. The van der Waals surface area contributed by atoms with Gasteiger partial charge in [-0.25, -0.2) is 4.98 Å². The number of fused-ring (bicyclic) bond motifs is 1. The van der Waals surface area contributed by atoms with Gasteiger partial charge in [-0.05, 0) is 24.3 Å².